The minimum absolute atomic E-state index is 0.0295. The fraction of sp³-hybridized carbons (Fsp3) is 0.333. The van der Waals surface area contributed by atoms with E-state index in [4.69, 9.17) is 9.47 Å². The molecule has 164 valence electrons. The van der Waals surface area contributed by atoms with Gasteiger partial charge in [-0.25, -0.2) is 0 Å². The molecular weight excluding hydrogens is 394 g/mol. The highest BCUT2D eigenvalue weighted by Gasteiger charge is 2.17. The first-order valence-electron chi connectivity index (χ1n) is 10.3. The number of aryl methyl sites for hydroxylation is 1. The summed E-state index contributed by atoms with van der Waals surface area (Å²) in [5.74, 6) is 0.522. The molecule has 0 bridgehead atoms. The molecule has 0 fully saturated rings. The molecule has 0 aliphatic rings. The van der Waals surface area contributed by atoms with Crippen LogP contribution in [0.25, 0.3) is 22.2 Å². The molecule has 2 N–H and O–H groups in total. The van der Waals surface area contributed by atoms with E-state index in [0.717, 1.165) is 33.5 Å². The number of hydrogen-bond acceptors (Lipinski definition) is 4. The summed E-state index contributed by atoms with van der Waals surface area (Å²) in [4.78, 5) is 29.6. The van der Waals surface area contributed by atoms with Crippen LogP contribution in [0.1, 0.15) is 12.0 Å². The fourth-order valence-electron chi connectivity index (χ4n) is 3.54. The zero-order valence-electron chi connectivity index (χ0n) is 18.2. The zero-order chi connectivity index (χ0) is 22.2. The number of carbonyl (C=O) groups excluding carboxylic acids is 2. The second-order valence-corrected chi connectivity index (χ2v) is 7.35. The number of aromatic nitrogens is 1. The number of para-hydroxylation sites is 1. The summed E-state index contributed by atoms with van der Waals surface area (Å²) in [5, 5.41) is 3.83. The number of nitrogens with zero attached hydrogens (tertiary/aromatic N) is 1. The van der Waals surface area contributed by atoms with Crippen LogP contribution in [0, 0.1) is 0 Å². The fourth-order valence-corrected chi connectivity index (χ4v) is 3.54. The van der Waals surface area contributed by atoms with Crippen molar-refractivity contribution in [2.45, 2.75) is 12.8 Å². The van der Waals surface area contributed by atoms with Gasteiger partial charge in [0.15, 0.2) is 0 Å². The molecule has 0 spiro atoms. The Kier molecular flexibility index (Phi) is 7.67. The van der Waals surface area contributed by atoms with E-state index in [1.807, 2.05) is 42.5 Å². The summed E-state index contributed by atoms with van der Waals surface area (Å²) in [5.41, 5.74) is 4.15. The van der Waals surface area contributed by atoms with Gasteiger partial charge in [-0.1, -0.05) is 18.2 Å². The van der Waals surface area contributed by atoms with Crippen LogP contribution in [-0.2, 0) is 20.7 Å². The zero-order valence-corrected chi connectivity index (χ0v) is 18.2. The van der Waals surface area contributed by atoms with Gasteiger partial charge in [-0.3, -0.25) is 9.59 Å². The summed E-state index contributed by atoms with van der Waals surface area (Å²) in [6.45, 7) is 0.901. The third kappa shape index (κ3) is 5.64. The maximum atomic E-state index is 12.7. The summed E-state index contributed by atoms with van der Waals surface area (Å²) < 4.78 is 10.2. The van der Waals surface area contributed by atoms with E-state index in [0.29, 0.717) is 26.0 Å². The maximum Gasteiger partial charge on any atom is 0.239 e. The van der Waals surface area contributed by atoms with Crippen LogP contribution in [0.4, 0.5) is 0 Å². The number of amides is 2. The van der Waals surface area contributed by atoms with Crippen molar-refractivity contribution in [3.8, 4) is 17.0 Å². The normalized spacial score (nSPS) is 10.8. The Balaban J connectivity index is 1.73. The SMILES string of the molecule is COCCNC(=O)CN(C)C(=O)CCc1c(-c2ccc(OC)cc2)[nH]c2ccccc12. The number of carbonyl (C=O) groups is 2. The second kappa shape index (κ2) is 10.6. The third-order valence-corrected chi connectivity index (χ3v) is 5.22. The van der Waals surface area contributed by atoms with E-state index in [1.165, 1.54) is 4.90 Å². The Labute approximate surface area is 182 Å². The van der Waals surface area contributed by atoms with E-state index in [2.05, 4.69) is 16.4 Å². The van der Waals surface area contributed by atoms with Gasteiger partial charge in [0.25, 0.3) is 0 Å². The van der Waals surface area contributed by atoms with Gasteiger partial charge >= 0.3 is 0 Å². The molecule has 0 radical (unpaired) electrons. The van der Waals surface area contributed by atoms with Gasteiger partial charge in [-0.2, -0.15) is 0 Å². The Hall–Kier alpha value is -3.32. The van der Waals surface area contributed by atoms with E-state index < -0.39 is 0 Å². The first-order valence-corrected chi connectivity index (χ1v) is 10.3. The molecule has 1 aromatic heterocycles. The minimum atomic E-state index is -0.195. The smallest absolute Gasteiger partial charge is 0.239 e. The molecule has 0 atom stereocenters. The van der Waals surface area contributed by atoms with E-state index in [1.54, 1.807) is 21.3 Å². The average Bonchev–Trinajstić information content (AvgIpc) is 3.16. The van der Waals surface area contributed by atoms with E-state index in [9.17, 15) is 9.59 Å². The Morgan fingerprint density at radius 2 is 1.81 bits per heavy atom. The van der Waals surface area contributed by atoms with Crippen molar-refractivity contribution < 1.29 is 19.1 Å². The highest BCUT2D eigenvalue weighted by molar-refractivity contribution is 5.91. The van der Waals surface area contributed by atoms with Gasteiger partial charge < -0.3 is 24.7 Å². The molecule has 1 heterocycles. The lowest BCUT2D eigenvalue weighted by atomic mass is 10.0. The third-order valence-electron chi connectivity index (χ3n) is 5.22. The molecule has 7 nitrogen and oxygen atoms in total. The highest BCUT2D eigenvalue weighted by Crippen LogP contribution is 2.32. The van der Waals surface area contributed by atoms with E-state index in [-0.39, 0.29) is 18.4 Å². The summed E-state index contributed by atoms with van der Waals surface area (Å²) in [7, 11) is 4.87. The van der Waals surface area contributed by atoms with Gasteiger partial charge in [-0.15, -0.1) is 0 Å². The molecule has 2 amide bonds. The molecule has 7 heteroatoms. The van der Waals surface area contributed by atoms with Crippen molar-refractivity contribution in [1.29, 1.82) is 0 Å². The van der Waals surface area contributed by atoms with Gasteiger partial charge in [0, 0.05) is 43.7 Å². The lowest BCUT2D eigenvalue weighted by molar-refractivity contribution is -0.134. The predicted molar refractivity (Wildman–Crippen MR) is 121 cm³/mol. The average molecular weight is 424 g/mol. The van der Waals surface area contributed by atoms with Crippen molar-refractivity contribution >= 4 is 22.7 Å². The lowest BCUT2D eigenvalue weighted by Crippen LogP contribution is -2.39. The first kappa shape index (κ1) is 22.4. The van der Waals surface area contributed by atoms with Crippen LogP contribution in [0.5, 0.6) is 5.75 Å². The summed E-state index contributed by atoms with van der Waals surface area (Å²) >= 11 is 0. The molecule has 0 saturated carbocycles. The number of fused-ring (bicyclic) bond motifs is 1. The van der Waals surface area contributed by atoms with Crippen molar-refractivity contribution in [3.05, 3.63) is 54.1 Å². The number of aromatic amines is 1. The molecule has 3 rings (SSSR count). The van der Waals surface area contributed by atoms with Gasteiger partial charge in [0.05, 0.1) is 20.3 Å². The summed E-state index contributed by atoms with van der Waals surface area (Å²) in [6, 6.07) is 15.9. The highest BCUT2D eigenvalue weighted by atomic mass is 16.5. The van der Waals surface area contributed by atoms with Gasteiger partial charge in [-0.05, 0) is 47.9 Å². The van der Waals surface area contributed by atoms with Crippen LogP contribution < -0.4 is 10.1 Å². The maximum absolute atomic E-state index is 12.7. The van der Waals surface area contributed by atoms with Crippen LogP contribution >= 0.6 is 0 Å². The molecule has 0 aliphatic carbocycles. The van der Waals surface area contributed by atoms with Crippen molar-refractivity contribution in [3.63, 3.8) is 0 Å². The van der Waals surface area contributed by atoms with Gasteiger partial charge in [0.2, 0.25) is 11.8 Å². The van der Waals surface area contributed by atoms with Crippen molar-refractivity contribution in [2.24, 2.45) is 0 Å². The molecule has 2 aromatic carbocycles. The Bertz CT molecular complexity index is 1030. The van der Waals surface area contributed by atoms with E-state index >= 15 is 0 Å². The molecule has 0 saturated heterocycles. The molecule has 3 aromatic rings. The lowest BCUT2D eigenvalue weighted by Gasteiger charge is -2.17. The summed E-state index contributed by atoms with van der Waals surface area (Å²) in [6.07, 6.45) is 0.882. The molecular formula is C24H29N3O4. The van der Waals surface area contributed by atoms with Crippen molar-refractivity contribution in [2.75, 3.05) is 41.0 Å². The number of nitrogens with one attached hydrogen (secondary N) is 2. The number of hydrogen-bond donors (Lipinski definition) is 2. The van der Waals surface area contributed by atoms with Crippen LogP contribution in [0.15, 0.2) is 48.5 Å². The Morgan fingerprint density at radius 1 is 1.06 bits per heavy atom. The second-order valence-electron chi connectivity index (χ2n) is 7.35. The number of H-pyrrole nitrogens is 1. The quantitative estimate of drug-likeness (QED) is 0.491. The Morgan fingerprint density at radius 3 is 2.52 bits per heavy atom. The van der Waals surface area contributed by atoms with Gasteiger partial charge in [0.1, 0.15) is 5.75 Å². The number of benzene rings is 2. The number of likely N-dealkylation sites (N-methyl/N-ethyl adjacent to an activating group) is 1. The number of rotatable bonds is 10. The minimum Gasteiger partial charge on any atom is -0.497 e. The number of ether oxygens (including phenoxy) is 2. The first-order chi connectivity index (χ1) is 15.0. The van der Waals surface area contributed by atoms with Crippen molar-refractivity contribution in [1.82, 2.24) is 15.2 Å². The largest absolute Gasteiger partial charge is 0.497 e. The molecule has 0 unspecified atom stereocenters. The topological polar surface area (TPSA) is 83.7 Å². The molecule has 31 heavy (non-hydrogen) atoms. The predicted octanol–water partition coefficient (Wildman–Crippen LogP) is 3.00. The van der Waals surface area contributed by atoms with Crippen LogP contribution in [0.3, 0.4) is 0 Å². The molecule has 0 aliphatic heterocycles. The monoisotopic (exact) mass is 423 g/mol. The standard InChI is InChI=1S/C24H29N3O4/c1-27(16-22(28)25-14-15-30-2)23(29)13-12-20-19-6-4-5-7-21(19)26-24(20)17-8-10-18(31-3)11-9-17/h4-11,26H,12-16H2,1-3H3,(H,25,28). The van der Waals surface area contributed by atoms with Crippen LogP contribution in [-0.4, -0.2) is 62.7 Å². The van der Waals surface area contributed by atoms with Crippen LogP contribution in [0.2, 0.25) is 0 Å². The number of methoxy groups -OCH3 is 2.